The molecule has 0 spiro atoms. The summed E-state index contributed by atoms with van der Waals surface area (Å²) >= 11 is 38.3. The molecular formula is C84H96Br4Cl4F4N8O36P4. The third kappa shape index (κ3) is 32.0. The maximum Gasteiger partial charge on any atom is 0.380 e. The molecule has 4 aromatic heterocycles. The number of carbonyl (C=O) groups excluding carboxylic acids is 4. The molecule has 144 heavy (non-hydrogen) atoms. The fourth-order valence-corrected chi connectivity index (χ4v) is 24.7. The molecule has 4 saturated heterocycles. The zero-order valence-corrected chi connectivity index (χ0v) is 89.5. The summed E-state index contributed by atoms with van der Waals surface area (Å²) in [6.07, 6.45) is -13.0. The first-order valence-corrected chi connectivity index (χ1v) is 54.6. The number of hydrogen-bond donors (Lipinski definition) is 8. The van der Waals surface area contributed by atoms with Crippen molar-refractivity contribution in [2.75, 3.05) is 77.5 Å². The van der Waals surface area contributed by atoms with Crippen molar-refractivity contribution in [2.24, 2.45) is 23.7 Å². The SMILES string of the molecule is CCOC(=O)[C@H](C)CP(=O)(OC[C@H]1O[C@@H](n2ccc(=O)[nH]c2=O)[C@](Cl)(Br)[C@@H]1O)Oc1ccc(F)cc1.CCOC(=O)[C@H](C)CP(=O)(OC[C@H]1O[C@@H](n2ccc(=O)[nH]c2=O)[C@](Cl)(Br)[C@@H]1O)Oc1cccc(F)c1.CCOC(=O)[C@H](C)C[P@@](=O)(OC[C@H]1O[C@@H](n2ccc(=O)[nH]c2=O)[C@](Cl)(Br)[C@@H]1O)Oc1ccc(F)cc1.CCOC(=O)[C@H](C)C[P@](=O)(OC[C@H]1O[C@@H](n2ccc(=O)[nH]c2=O)[C@](Cl)(Br)[C@@H]1O)Oc1ccc(F)cc1. The number of benzene rings is 4. The second-order valence-corrected chi connectivity index (χ2v) is 49.5. The minimum Gasteiger partial charge on any atom is -0.466 e. The zero-order valence-electron chi connectivity index (χ0n) is 76.5. The highest BCUT2D eigenvalue weighted by Crippen LogP contribution is 2.59. The van der Waals surface area contributed by atoms with E-state index in [2.05, 4.69) is 83.7 Å². The van der Waals surface area contributed by atoms with Gasteiger partial charge in [-0.15, -0.1) is 0 Å². The van der Waals surface area contributed by atoms with Crippen LogP contribution in [-0.2, 0) is 93.4 Å². The second-order valence-electron chi connectivity index (χ2n) is 31.8. The third-order valence-corrected chi connectivity index (χ3v) is 33.8. The molecule has 0 bridgehead atoms. The maximum absolute atomic E-state index is 13.7. The Balaban J connectivity index is 0.000000214. The number of hydrogen-bond acceptors (Lipinski definition) is 36. The number of rotatable bonds is 40. The fourth-order valence-electron chi connectivity index (χ4n) is 13.5. The summed E-state index contributed by atoms with van der Waals surface area (Å²) in [4.78, 5) is 151. The predicted molar refractivity (Wildman–Crippen MR) is 520 cm³/mol. The molecule has 0 radical (unpaired) electrons. The van der Waals surface area contributed by atoms with Crippen molar-refractivity contribution in [2.45, 2.75) is 144 Å². The number of nitrogens with one attached hydrogen (secondary N) is 4. The molecule has 60 heteroatoms. The number of aliphatic hydroxyl groups is 4. The summed E-state index contributed by atoms with van der Waals surface area (Å²) in [5, 5.41) is 42.9. The van der Waals surface area contributed by atoms with Crippen LogP contribution in [0.3, 0.4) is 0 Å². The van der Waals surface area contributed by atoms with Crippen molar-refractivity contribution in [1.82, 2.24) is 38.2 Å². The fraction of sp³-hybridized carbons (Fsp3) is 0.476. The molecule has 0 aliphatic carbocycles. The Hall–Kier alpha value is -8.08. The molecule has 4 aliphatic rings. The lowest BCUT2D eigenvalue weighted by Gasteiger charge is -2.25. The van der Waals surface area contributed by atoms with E-state index in [4.69, 9.17) is 120 Å². The Labute approximate surface area is 867 Å². The lowest BCUT2D eigenvalue weighted by Crippen LogP contribution is -2.40. The van der Waals surface area contributed by atoms with Gasteiger partial charge in [-0.05, 0) is 113 Å². The maximum atomic E-state index is 13.7. The number of nitrogens with zero attached hydrogens (tertiary/aromatic N) is 4. The Bertz CT molecular complexity index is 6050. The Kier molecular flexibility index (Phi) is 43.1. The van der Waals surface area contributed by atoms with Gasteiger partial charge in [0.1, 0.15) is 95.1 Å². The van der Waals surface area contributed by atoms with Crippen LogP contribution in [0.5, 0.6) is 23.0 Å². The smallest absolute Gasteiger partial charge is 0.380 e. The van der Waals surface area contributed by atoms with Crippen molar-refractivity contribution in [1.29, 1.82) is 0 Å². The van der Waals surface area contributed by atoms with E-state index in [1.54, 1.807) is 27.7 Å². The first kappa shape index (κ1) is 119. The Morgan fingerprint density at radius 1 is 0.354 bits per heavy atom. The van der Waals surface area contributed by atoms with Gasteiger partial charge in [0, 0.05) is 55.1 Å². The molecule has 4 aromatic carbocycles. The van der Waals surface area contributed by atoms with E-state index < -0.39 is 286 Å². The zero-order chi connectivity index (χ0) is 107. The number of aliphatic hydroxyl groups excluding tert-OH is 4. The lowest BCUT2D eigenvalue weighted by atomic mass is 10.2. The Morgan fingerprint density at radius 3 is 0.757 bits per heavy atom. The summed E-state index contributed by atoms with van der Waals surface area (Å²) in [5.41, 5.74) is -5.90. The van der Waals surface area contributed by atoms with Gasteiger partial charge >= 0.3 is 77.0 Å². The largest absolute Gasteiger partial charge is 0.466 e. The molecule has 2 unspecified atom stereocenters. The van der Waals surface area contributed by atoms with Crippen LogP contribution in [0, 0.1) is 46.9 Å². The van der Waals surface area contributed by atoms with Crippen molar-refractivity contribution >= 4 is 164 Å². The average molecular weight is 2460 g/mol. The Morgan fingerprint density at radius 2 is 0.562 bits per heavy atom. The van der Waals surface area contributed by atoms with Crippen LogP contribution in [-0.4, -0.2) is 224 Å². The number of ether oxygens (including phenoxy) is 8. The molecule has 8 N–H and O–H groups in total. The molecule has 0 amide bonds. The van der Waals surface area contributed by atoms with E-state index in [0.717, 1.165) is 116 Å². The van der Waals surface area contributed by atoms with E-state index in [0.29, 0.717) is 0 Å². The number of esters is 4. The van der Waals surface area contributed by atoms with E-state index in [-0.39, 0.29) is 49.4 Å². The van der Waals surface area contributed by atoms with Gasteiger partial charge in [0.15, 0.2) is 40.0 Å². The van der Waals surface area contributed by atoms with Crippen LogP contribution in [0.25, 0.3) is 0 Å². The van der Waals surface area contributed by atoms with Crippen LogP contribution in [0.4, 0.5) is 17.6 Å². The first-order chi connectivity index (χ1) is 67.4. The van der Waals surface area contributed by atoms with E-state index >= 15 is 0 Å². The highest BCUT2D eigenvalue weighted by molar-refractivity contribution is 9.11. The summed E-state index contributed by atoms with van der Waals surface area (Å²) in [6, 6.07) is 23.1. The third-order valence-electron chi connectivity index (χ3n) is 20.6. The highest BCUT2D eigenvalue weighted by Gasteiger charge is 2.60. The quantitative estimate of drug-likeness (QED) is 0.00581. The highest BCUT2D eigenvalue weighted by atomic mass is 79.9. The molecule has 792 valence electrons. The first-order valence-electron chi connectivity index (χ1n) is 43.0. The van der Waals surface area contributed by atoms with E-state index in [1.165, 1.54) is 76.2 Å². The number of halogens is 12. The standard InChI is InChI=1S/4C21H24BrClFN2O9P/c3*1-3-32-18(29)12(2)11-36(31,35-14-6-4-13(24)5-7-14)33-10-15-17(28)21(22,23)19(34-15)26-9-8-16(27)25-20(26)30;1-3-32-18(29)12(2)11-36(31,35-14-6-4-5-13(24)9-14)33-10-15-17(28)21(22,23)19(34-15)26-8-7-16(27)25-20(26)30/h4*4-9,12,15,17,19,28H,3,10-11H2,1-2H3,(H,25,27,30)/t12-,15-,17-,19-,21+,36?;12-,15-,17-,19-,21+,36+;12-,15-,17-,19-,21+,36-;12-,15-,17-,19-,21+,36?/m1111/s1. The van der Waals surface area contributed by atoms with Crippen LogP contribution < -0.4 is 63.1 Å². The monoisotopic (exact) mass is 2450 g/mol. The summed E-state index contributed by atoms with van der Waals surface area (Å²) in [6.45, 7) is 10.7. The average Bonchev–Trinajstić information content (AvgIpc) is 1.62. The van der Waals surface area contributed by atoms with Crippen LogP contribution in [0.1, 0.15) is 80.3 Å². The van der Waals surface area contributed by atoms with Crippen LogP contribution >= 0.6 is 141 Å². The van der Waals surface area contributed by atoms with Gasteiger partial charge in [-0.2, -0.15) is 0 Å². The minimum absolute atomic E-state index is 0.0218. The molecule has 12 rings (SSSR count). The second kappa shape index (κ2) is 51.9. The van der Waals surface area contributed by atoms with Crippen molar-refractivity contribution in [3.8, 4) is 23.0 Å². The van der Waals surface area contributed by atoms with Gasteiger partial charge in [0.2, 0.25) is 0 Å². The van der Waals surface area contributed by atoms with Gasteiger partial charge in [0.05, 0.1) is 101 Å². The number of H-pyrrole nitrogens is 4. The van der Waals surface area contributed by atoms with Crippen LogP contribution in [0.2, 0.25) is 0 Å². The lowest BCUT2D eigenvalue weighted by molar-refractivity contribution is -0.147. The topological polar surface area (TPSA) is 585 Å². The van der Waals surface area contributed by atoms with Crippen molar-refractivity contribution < 1.29 is 150 Å². The number of aromatic amines is 4. The molecule has 4 aliphatic heterocycles. The van der Waals surface area contributed by atoms with Gasteiger partial charge < -0.3 is 76.4 Å². The molecule has 44 nitrogen and oxygen atoms in total. The number of alkyl halides is 8. The summed E-state index contributed by atoms with van der Waals surface area (Å²) < 4.78 is 192. The number of carbonyl (C=O) groups is 4. The molecule has 8 heterocycles. The van der Waals surface area contributed by atoms with Gasteiger partial charge in [-0.1, -0.05) is 144 Å². The van der Waals surface area contributed by atoms with E-state index in [1.807, 2.05) is 0 Å². The molecule has 0 saturated carbocycles. The van der Waals surface area contributed by atoms with Crippen molar-refractivity contribution in [3.05, 3.63) is 253 Å². The molecular weight excluding hydrogens is 2360 g/mol. The molecule has 24 atom stereocenters. The van der Waals surface area contributed by atoms with Crippen molar-refractivity contribution in [3.63, 3.8) is 0 Å². The normalized spacial score (nSPS) is 26.2. The van der Waals surface area contributed by atoms with Gasteiger partial charge in [-0.3, -0.25) is 94.7 Å². The predicted octanol–water partition coefficient (Wildman–Crippen LogP) is 11.0. The molecule has 4 fully saturated rings. The molecule has 8 aromatic rings. The van der Waals surface area contributed by atoms with E-state index in [9.17, 15) is 114 Å². The minimum atomic E-state index is -4.16. The number of aromatic nitrogens is 8. The van der Waals surface area contributed by atoms with Crippen LogP contribution in [0.15, 0.2) is 184 Å². The van der Waals surface area contributed by atoms with Gasteiger partial charge in [-0.25, -0.2) is 55.0 Å². The van der Waals surface area contributed by atoms with Gasteiger partial charge in [0.25, 0.3) is 22.2 Å². The summed E-state index contributed by atoms with van der Waals surface area (Å²) in [5.74, 6) is -8.40. The summed E-state index contributed by atoms with van der Waals surface area (Å²) in [7, 11) is -16.5.